The van der Waals surface area contributed by atoms with Gasteiger partial charge in [-0.15, -0.1) is 0 Å². The molecule has 0 aliphatic carbocycles. The van der Waals surface area contributed by atoms with Gasteiger partial charge in [0, 0.05) is 43.8 Å². The van der Waals surface area contributed by atoms with Crippen LogP contribution in [0, 0.1) is 0 Å². The van der Waals surface area contributed by atoms with Gasteiger partial charge in [-0.05, 0) is 42.7 Å². The number of pyridine rings is 1. The summed E-state index contributed by atoms with van der Waals surface area (Å²) >= 11 is 0. The molecule has 3 heterocycles. The van der Waals surface area contributed by atoms with Gasteiger partial charge in [-0.1, -0.05) is 12.1 Å². The zero-order valence-corrected chi connectivity index (χ0v) is 16.5. The number of anilines is 1. The number of imidazole rings is 1. The van der Waals surface area contributed by atoms with E-state index in [0.29, 0.717) is 6.54 Å². The van der Waals surface area contributed by atoms with Gasteiger partial charge in [0.15, 0.2) is 0 Å². The summed E-state index contributed by atoms with van der Waals surface area (Å²) in [7, 11) is 1.63. The number of ether oxygens (including phenoxy) is 1. The maximum absolute atomic E-state index is 12.5. The van der Waals surface area contributed by atoms with Crippen LogP contribution in [0.5, 0.6) is 5.75 Å². The monoisotopic (exact) mass is 391 g/mol. The first-order valence-electron chi connectivity index (χ1n) is 9.85. The predicted molar refractivity (Wildman–Crippen MR) is 112 cm³/mol. The van der Waals surface area contributed by atoms with Gasteiger partial charge in [0.2, 0.25) is 5.91 Å². The Morgan fingerprint density at radius 2 is 2.00 bits per heavy atom. The number of hydrogen-bond acceptors (Lipinski definition) is 5. The minimum Gasteiger partial charge on any atom is -0.497 e. The molecule has 0 atom stereocenters. The third kappa shape index (κ3) is 4.56. The first-order chi connectivity index (χ1) is 14.2. The Morgan fingerprint density at radius 1 is 1.14 bits per heavy atom. The highest BCUT2D eigenvalue weighted by Crippen LogP contribution is 2.24. The Hall–Kier alpha value is -3.35. The number of aromatic nitrogens is 3. The van der Waals surface area contributed by atoms with Crippen LogP contribution in [0.25, 0.3) is 11.4 Å². The average Bonchev–Trinajstić information content (AvgIpc) is 3.45. The van der Waals surface area contributed by atoms with Gasteiger partial charge < -0.3 is 19.5 Å². The van der Waals surface area contributed by atoms with E-state index in [-0.39, 0.29) is 12.5 Å². The molecule has 0 saturated carbocycles. The van der Waals surface area contributed by atoms with Gasteiger partial charge in [-0.3, -0.25) is 4.79 Å². The lowest BCUT2D eigenvalue weighted by atomic mass is 10.2. The zero-order valence-electron chi connectivity index (χ0n) is 16.5. The molecule has 0 unspecified atom stereocenters. The van der Waals surface area contributed by atoms with E-state index in [0.717, 1.165) is 41.6 Å². The quantitative estimate of drug-likeness (QED) is 0.671. The van der Waals surface area contributed by atoms with Gasteiger partial charge in [-0.2, -0.15) is 0 Å². The summed E-state index contributed by atoms with van der Waals surface area (Å²) < 4.78 is 7.09. The Kier molecular flexibility index (Phi) is 5.74. The topological polar surface area (TPSA) is 72.3 Å². The SMILES string of the molecule is COc1cccc(CNC(=O)Cn2ccnc2-c2ccnc(N3CCCC3)c2)c1. The number of methoxy groups -OCH3 is 1. The molecular formula is C22H25N5O2. The van der Waals surface area contributed by atoms with Gasteiger partial charge in [0.05, 0.1) is 7.11 Å². The second-order valence-corrected chi connectivity index (χ2v) is 7.10. The van der Waals surface area contributed by atoms with E-state index in [1.807, 2.05) is 47.3 Å². The molecule has 1 saturated heterocycles. The zero-order chi connectivity index (χ0) is 20.1. The Labute approximate surface area is 170 Å². The van der Waals surface area contributed by atoms with Crippen molar-refractivity contribution < 1.29 is 9.53 Å². The molecule has 1 aliphatic heterocycles. The lowest BCUT2D eigenvalue weighted by Crippen LogP contribution is -2.27. The van der Waals surface area contributed by atoms with Crippen LogP contribution in [0.2, 0.25) is 0 Å². The highest BCUT2D eigenvalue weighted by atomic mass is 16.5. The van der Waals surface area contributed by atoms with Crippen molar-refractivity contribution in [2.75, 3.05) is 25.1 Å². The van der Waals surface area contributed by atoms with E-state index >= 15 is 0 Å². The van der Waals surface area contributed by atoms with Crippen molar-refractivity contribution >= 4 is 11.7 Å². The van der Waals surface area contributed by atoms with Crippen LogP contribution in [0.4, 0.5) is 5.82 Å². The van der Waals surface area contributed by atoms with Crippen LogP contribution in [0.1, 0.15) is 18.4 Å². The number of hydrogen-bond donors (Lipinski definition) is 1. The van der Waals surface area contributed by atoms with Crippen molar-refractivity contribution in [3.8, 4) is 17.1 Å². The molecule has 0 bridgehead atoms. The number of nitrogens with one attached hydrogen (secondary N) is 1. The first kappa shape index (κ1) is 19.0. The van der Waals surface area contributed by atoms with Crippen LogP contribution in [-0.4, -0.2) is 40.6 Å². The van der Waals surface area contributed by atoms with Gasteiger partial charge in [0.1, 0.15) is 23.9 Å². The molecule has 1 aromatic carbocycles. The first-order valence-corrected chi connectivity index (χ1v) is 9.85. The summed E-state index contributed by atoms with van der Waals surface area (Å²) in [5, 5.41) is 2.96. The summed E-state index contributed by atoms with van der Waals surface area (Å²) in [5.41, 5.74) is 1.96. The third-order valence-electron chi connectivity index (χ3n) is 5.09. The van der Waals surface area contributed by atoms with Gasteiger partial charge in [0.25, 0.3) is 0 Å². The van der Waals surface area contributed by atoms with Crippen molar-refractivity contribution in [3.05, 3.63) is 60.6 Å². The molecule has 1 aliphatic rings. The minimum absolute atomic E-state index is 0.0686. The van der Waals surface area contributed by atoms with E-state index in [2.05, 4.69) is 26.3 Å². The number of carbonyl (C=O) groups excluding carboxylic acids is 1. The molecule has 1 fully saturated rings. The highest BCUT2D eigenvalue weighted by Gasteiger charge is 2.16. The number of carbonyl (C=O) groups is 1. The summed E-state index contributed by atoms with van der Waals surface area (Å²) in [6.45, 7) is 2.74. The lowest BCUT2D eigenvalue weighted by molar-refractivity contribution is -0.121. The number of benzene rings is 1. The molecule has 2 aromatic heterocycles. The molecule has 7 nitrogen and oxygen atoms in total. The second kappa shape index (κ2) is 8.77. The normalized spacial score (nSPS) is 13.5. The van der Waals surface area contributed by atoms with Crippen molar-refractivity contribution in [2.24, 2.45) is 0 Å². The minimum atomic E-state index is -0.0686. The second-order valence-electron chi connectivity index (χ2n) is 7.10. The fraction of sp³-hybridized carbons (Fsp3) is 0.318. The summed E-state index contributed by atoms with van der Waals surface area (Å²) in [5.74, 6) is 2.45. The standard InChI is InChI=1S/C22H25N5O2/c1-29-19-6-4-5-17(13-19)15-25-21(28)16-27-12-9-24-22(27)18-7-8-23-20(14-18)26-10-2-3-11-26/h4-9,12-14H,2-3,10-11,15-16H2,1H3,(H,25,28). The Morgan fingerprint density at radius 3 is 2.83 bits per heavy atom. The van der Waals surface area contributed by atoms with Crippen LogP contribution < -0.4 is 15.0 Å². The van der Waals surface area contributed by atoms with E-state index in [1.165, 1.54) is 12.8 Å². The molecule has 4 rings (SSSR count). The van der Waals surface area contributed by atoms with Crippen molar-refractivity contribution in [2.45, 2.75) is 25.9 Å². The molecular weight excluding hydrogens is 366 g/mol. The van der Waals surface area contributed by atoms with Gasteiger partial charge >= 0.3 is 0 Å². The van der Waals surface area contributed by atoms with Crippen LogP contribution >= 0.6 is 0 Å². The van der Waals surface area contributed by atoms with Gasteiger partial charge in [-0.25, -0.2) is 9.97 Å². The molecule has 150 valence electrons. The van der Waals surface area contributed by atoms with Crippen molar-refractivity contribution in [1.82, 2.24) is 19.9 Å². The van der Waals surface area contributed by atoms with Crippen molar-refractivity contribution in [1.29, 1.82) is 0 Å². The molecule has 3 aromatic rings. The smallest absolute Gasteiger partial charge is 0.240 e. The van der Waals surface area contributed by atoms with Crippen LogP contribution in [-0.2, 0) is 17.9 Å². The summed E-state index contributed by atoms with van der Waals surface area (Å²) in [6.07, 6.45) is 7.77. The van der Waals surface area contributed by atoms with Crippen molar-refractivity contribution in [3.63, 3.8) is 0 Å². The van der Waals surface area contributed by atoms with E-state index in [1.54, 1.807) is 13.3 Å². The largest absolute Gasteiger partial charge is 0.497 e. The average molecular weight is 391 g/mol. The van der Waals surface area contributed by atoms with E-state index in [4.69, 9.17) is 4.74 Å². The highest BCUT2D eigenvalue weighted by molar-refractivity contribution is 5.76. The summed E-state index contributed by atoms with van der Waals surface area (Å²) in [6, 6.07) is 11.7. The summed E-state index contributed by atoms with van der Waals surface area (Å²) in [4.78, 5) is 23.7. The Bertz CT molecular complexity index is 979. The van der Waals surface area contributed by atoms with Crippen LogP contribution in [0.3, 0.4) is 0 Å². The van der Waals surface area contributed by atoms with Crippen LogP contribution in [0.15, 0.2) is 55.0 Å². The maximum Gasteiger partial charge on any atom is 0.240 e. The van der Waals surface area contributed by atoms with E-state index in [9.17, 15) is 4.79 Å². The molecule has 7 heteroatoms. The molecule has 0 radical (unpaired) electrons. The lowest BCUT2D eigenvalue weighted by Gasteiger charge is -2.17. The molecule has 0 spiro atoms. The fourth-order valence-corrected chi connectivity index (χ4v) is 3.57. The number of amides is 1. The fourth-order valence-electron chi connectivity index (χ4n) is 3.57. The molecule has 1 amide bonds. The maximum atomic E-state index is 12.5. The molecule has 29 heavy (non-hydrogen) atoms. The van der Waals surface area contributed by atoms with E-state index < -0.39 is 0 Å². The predicted octanol–water partition coefficient (Wildman–Crippen LogP) is 2.87. The number of rotatable bonds is 7. The third-order valence-corrected chi connectivity index (χ3v) is 5.09. The number of nitrogens with zero attached hydrogens (tertiary/aromatic N) is 4. The molecule has 1 N–H and O–H groups in total. The Balaban J connectivity index is 1.42.